The van der Waals surface area contributed by atoms with E-state index in [1.165, 1.54) is 4.90 Å². The molecule has 1 fully saturated rings. The fourth-order valence-corrected chi connectivity index (χ4v) is 1.86. The number of piperidine rings is 1. The molecule has 0 radical (unpaired) electrons. The number of hydrogen-bond acceptors (Lipinski definition) is 2. The van der Waals surface area contributed by atoms with Crippen LogP contribution in [-0.2, 0) is 4.79 Å². The molecule has 1 aromatic carbocycles. The first-order valence-corrected chi connectivity index (χ1v) is 5.22. The first-order valence-electron chi connectivity index (χ1n) is 5.22. The standard InChI is InChI=1S/C11H11F3N2O/c12-7-4-6(5-8(13)10(7)14)16-3-1-2-9(15)11(16)17/h4-5,9H,1-3,15H2. The lowest BCUT2D eigenvalue weighted by Gasteiger charge is -2.30. The van der Waals surface area contributed by atoms with E-state index in [0.29, 0.717) is 19.4 Å². The van der Waals surface area contributed by atoms with Crippen LogP contribution in [0.4, 0.5) is 18.9 Å². The largest absolute Gasteiger partial charge is 0.320 e. The highest BCUT2D eigenvalue weighted by Gasteiger charge is 2.28. The highest BCUT2D eigenvalue weighted by molar-refractivity contribution is 5.97. The van der Waals surface area contributed by atoms with Gasteiger partial charge in [0.2, 0.25) is 5.91 Å². The van der Waals surface area contributed by atoms with E-state index in [1.807, 2.05) is 0 Å². The molecule has 1 amide bonds. The van der Waals surface area contributed by atoms with Gasteiger partial charge in [0.05, 0.1) is 6.04 Å². The first kappa shape index (κ1) is 11.9. The lowest BCUT2D eigenvalue weighted by molar-refractivity contribution is -0.120. The summed E-state index contributed by atoms with van der Waals surface area (Å²) in [6.07, 6.45) is 1.19. The molecule has 3 nitrogen and oxygen atoms in total. The van der Waals surface area contributed by atoms with Crippen LogP contribution in [0.3, 0.4) is 0 Å². The van der Waals surface area contributed by atoms with E-state index in [1.54, 1.807) is 0 Å². The Labute approximate surface area is 96.0 Å². The van der Waals surface area contributed by atoms with Crippen LogP contribution in [0.5, 0.6) is 0 Å². The molecule has 1 saturated heterocycles. The second-order valence-corrected chi connectivity index (χ2v) is 3.96. The zero-order chi connectivity index (χ0) is 12.6. The van der Waals surface area contributed by atoms with Crippen LogP contribution in [0.25, 0.3) is 0 Å². The maximum Gasteiger partial charge on any atom is 0.243 e. The van der Waals surface area contributed by atoms with Crippen LogP contribution in [0.1, 0.15) is 12.8 Å². The summed E-state index contributed by atoms with van der Waals surface area (Å²) in [4.78, 5) is 12.9. The third-order valence-corrected chi connectivity index (χ3v) is 2.76. The third kappa shape index (κ3) is 2.12. The summed E-state index contributed by atoms with van der Waals surface area (Å²) in [7, 11) is 0. The minimum Gasteiger partial charge on any atom is -0.320 e. The zero-order valence-electron chi connectivity index (χ0n) is 8.92. The molecule has 2 N–H and O–H groups in total. The number of benzene rings is 1. The van der Waals surface area contributed by atoms with E-state index in [4.69, 9.17) is 5.73 Å². The number of hydrogen-bond donors (Lipinski definition) is 1. The Kier molecular flexibility index (Phi) is 3.06. The van der Waals surface area contributed by atoms with E-state index >= 15 is 0 Å². The lowest BCUT2D eigenvalue weighted by Crippen LogP contribution is -2.48. The fourth-order valence-electron chi connectivity index (χ4n) is 1.86. The average molecular weight is 244 g/mol. The smallest absolute Gasteiger partial charge is 0.243 e. The molecule has 92 valence electrons. The minimum absolute atomic E-state index is 0.00144. The highest BCUT2D eigenvalue weighted by atomic mass is 19.2. The second-order valence-electron chi connectivity index (χ2n) is 3.96. The lowest BCUT2D eigenvalue weighted by atomic mass is 10.0. The number of carbonyl (C=O) groups is 1. The van der Waals surface area contributed by atoms with E-state index < -0.39 is 29.4 Å². The number of anilines is 1. The van der Waals surface area contributed by atoms with Gasteiger partial charge >= 0.3 is 0 Å². The summed E-state index contributed by atoms with van der Waals surface area (Å²) in [6, 6.07) is 0.933. The SMILES string of the molecule is NC1CCCN(c2cc(F)c(F)c(F)c2)C1=O. The maximum atomic E-state index is 13.0. The number of halogens is 3. The number of nitrogens with two attached hydrogens (primary N) is 1. The molecule has 0 spiro atoms. The van der Waals surface area contributed by atoms with Gasteiger partial charge < -0.3 is 10.6 Å². The van der Waals surface area contributed by atoms with Crippen LogP contribution >= 0.6 is 0 Å². The first-order chi connectivity index (χ1) is 8.00. The summed E-state index contributed by atoms with van der Waals surface area (Å²) >= 11 is 0. The van der Waals surface area contributed by atoms with Crippen LogP contribution in [0.2, 0.25) is 0 Å². The number of rotatable bonds is 1. The Bertz CT molecular complexity index is 441. The predicted octanol–water partition coefficient (Wildman–Crippen LogP) is 1.56. The van der Waals surface area contributed by atoms with Gasteiger partial charge in [-0.2, -0.15) is 0 Å². The van der Waals surface area contributed by atoms with Gasteiger partial charge in [0.25, 0.3) is 0 Å². The van der Waals surface area contributed by atoms with Crippen LogP contribution < -0.4 is 10.6 Å². The molecule has 0 saturated carbocycles. The molecule has 6 heteroatoms. The molecular weight excluding hydrogens is 233 g/mol. The molecule has 2 rings (SSSR count). The van der Waals surface area contributed by atoms with Crippen molar-refractivity contribution in [2.45, 2.75) is 18.9 Å². The van der Waals surface area contributed by atoms with Crippen molar-refractivity contribution < 1.29 is 18.0 Å². The summed E-state index contributed by atoms with van der Waals surface area (Å²) in [6.45, 7) is 0.330. The molecule has 0 bridgehead atoms. The topological polar surface area (TPSA) is 46.3 Å². The van der Waals surface area contributed by atoms with Gasteiger partial charge in [-0.3, -0.25) is 4.79 Å². The molecule has 0 aromatic heterocycles. The number of carbonyl (C=O) groups excluding carboxylic acids is 1. The summed E-state index contributed by atoms with van der Waals surface area (Å²) in [5.41, 5.74) is 5.56. The van der Waals surface area contributed by atoms with Crippen molar-refractivity contribution in [3.8, 4) is 0 Å². The fraction of sp³-hybridized carbons (Fsp3) is 0.364. The Morgan fingerprint density at radius 1 is 1.24 bits per heavy atom. The van der Waals surface area contributed by atoms with Gasteiger partial charge in [0.1, 0.15) is 0 Å². The molecule has 1 unspecified atom stereocenters. The minimum atomic E-state index is -1.54. The monoisotopic (exact) mass is 244 g/mol. The van der Waals surface area contributed by atoms with Gasteiger partial charge in [-0.25, -0.2) is 13.2 Å². The maximum absolute atomic E-state index is 13.0. The summed E-state index contributed by atoms with van der Waals surface area (Å²) in [5, 5.41) is 0. The average Bonchev–Trinajstić information content (AvgIpc) is 2.29. The molecular formula is C11H11F3N2O. The van der Waals surface area contributed by atoms with Gasteiger partial charge in [0, 0.05) is 24.4 Å². The van der Waals surface area contributed by atoms with Crippen LogP contribution in [-0.4, -0.2) is 18.5 Å². The molecule has 1 atom stereocenters. The molecule has 1 aliphatic rings. The van der Waals surface area contributed by atoms with E-state index in [0.717, 1.165) is 12.1 Å². The molecule has 1 heterocycles. The second kappa shape index (κ2) is 4.37. The van der Waals surface area contributed by atoms with Gasteiger partial charge in [0.15, 0.2) is 17.5 Å². The van der Waals surface area contributed by atoms with Crippen LogP contribution in [0, 0.1) is 17.5 Å². The van der Waals surface area contributed by atoms with Gasteiger partial charge in [-0.05, 0) is 12.8 Å². The Balaban J connectivity index is 2.37. The third-order valence-electron chi connectivity index (χ3n) is 2.76. The van der Waals surface area contributed by atoms with Crippen molar-refractivity contribution in [2.75, 3.05) is 11.4 Å². The number of nitrogens with zero attached hydrogens (tertiary/aromatic N) is 1. The van der Waals surface area contributed by atoms with E-state index in [9.17, 15) is 18.0 Å². The molecule has 1 aliphatic heterocycles. The van der Waals surface area contributed by atoms with E-state index in [-0.39, 0.29) is 5.69 Å². The molecule has 17 heavy (non-hydrogen) atoms. The number of amides is 1. The highest BCUT2D eigenvalue weighted by Crippen LogP contribution is 2.24. The summed E-state index contributed by atoms with van der Waals surface area (Å²) < 4.78 is 38.8. The Morgan fingerprint density at radius 2 is 1.82 bits per heavy atom. The van der Waals surface area contributed by atoms with Crippen molar-refractivity contribution in [1.82, 2.24) is 0 Å². The predicted molar refractivity (Wildman–Crippen MR) is 55.9 cm³/mol. The van der Waals surface area contributed by atoms with Crippen molar-refractivity contribution in [3.05, 3.63) is 29.6 Å². The summed E-state index contributed by atoms with van der Waals surface area (Å²) in [5.74, 6) is -4.57. The Hall–Kier alpha value is -1.56. The quantitative estimate of drug-likeness (QED) is 0.762. The van der Waals surface area contributed by atoms with Crippen LogP contribution in [0.15, 0.2) is 12.1 Å². The van der Waals surface area contributed by atoms with Crippen molar-refractivity contribution in [1.29, 1.82) is 0 Å². The van der Waals surface area contributed by atoms with E-state index in [2.05, 4.69) is 0 Å². The van der Waals surface area contributed by atoms with Crippen molar-refractivity contribution in [2.24, 2.45) is 5.73 Å². The normalized spacial score (nSPS) is 20.8. The van der Waals surface area contributed by atoms with Crippen molar-refractivity contribution >= 4 is 11.6 Å². The molecule has 0 aliphatic carbocycles. The van der Waals surface area contributed by atoms with Crippen molar-refractivity contribution in [3.63, 3.8) is 0 Å². The zero-order valence-corrected chi connectivity index (χ0v) is 8.92. The Morgan fingerprint density at radius 3 is 2.41 bits per heavy atom. The van der Waals surface area contributed by atoms with Gasteiger partial charge in [-0.1, -0.05) is 0 Å². The molecule has 1 aromatic rings. The van der Waals surface area contributed by atoms with Gasteiger partial charge in [-0.15, -0.1) is 0 Å².